The fourth-order valence-electron chi connectivity index (χ4n) is 3.76. The van der Waals surface area contributed by atoms with Crippen LogP contribution in [0.5, 0.6) is 0 Å². The highest BCUT2D eigenvalue weighted by Crippen LogP contribution is 2.10. The lowest BCUT2D eigenvalue weighted by Gasteiger charge is -2.24. The van der Waals surface area contributed by atoms with Crippen molar-refractivity contribution in [3.8, 4) is 0 Å². The summed E-state index contributed by atoms with van der Waals surface area (Å²) in [6.07, 6.45) is 21.4. The molecule has 0 saturated carbocycles. The molecule has 0 heterocycles. The number of unbranched alkanes of at least 4 members (excludes halogenated alkanes) is 11. The van der Waals surface area contributed by atoms with Gasteiger partial charge in [-0.1, -0.05) is 50.7 Å². The summed E-state index contributed by atoms with van der Waals surface area (Å²) in [5.74, 6) is -0.239. The Labute approximate surface area is 221 Å². The third-order valence-electron chi connectivity index (χ3n) is 6.30. The van der Waals surface area contributed by atoms with Crippen LogP contribution in [0.1, 0.15) is 103 Å². The van der Waals surface area contributed by atoms with Crippen LogP contribution in [0.15, 0.2) is 12.2 Å². The summed E-state index contributed by atoms with van der Waals surface area (Å²) in [5.41, 5.74) is 0. The lowest BCUT2D eigenvalue weighted by atomic mass is 10.1. The molecule has 1 atom stereocenters. The summed E-state index contributed by atoms with van der Waals surface area (Å²) in [4.78, 5) is 24.3. The molecule has 0 fully saturated rings. The molecule has 0 aromatic rings. The predicted molar refractivity (Wildman–Crippen MR) is 146 cm³/mol. The number of hydrogen-bond donors (Lipinski definition) is 0. The summed E-state index contributed by atoms with van der Waals surface area (Å²) in [6, 6.07) is 0.271. The Balaban J connectivity index is 3.46. The third-order valence-corrected chi connectivity index (χ3v) is 6.30. The van der Waals surface area contributed by atoms with Crippen molar-refractivity contribution in [2.24, 2.45) is 0 Å². The monoisotopic (exact) mass is 513 g/mol. The highest BCUT2D eigenvalue weighted by molar-refractivity contribution is 5.69. The Hall–Kier alpha value is -1.44. The van der Waals surface area contributed by atoms with Crippen molar-refractivity contribution in [1.82, 2.24) is 4.90 Å². The van der Waals surface area contributed by atoms with Gasteiger partial charge in [0.2, 0.25) is 0 Å². The first-order chi connectivity index (χ1) is 17.5. The molecule has 1 unspecified atom stereocenters. The van der Waals surface area contributed by atoms with E-state index in [4.69, 9.17) is 9.47 Å². The Morgan fingerprint density at radius 1 is 0.611 bits per heavy atom. The van der Waals surface area contributed by atoms with Gasteiger partial charge in [0.15, 0.2) is 0 Å². The van der Waals surface area contributed by atoms with Gasteiger partial charge in [0, 0.05) is 26.1 Å². The van der Waals surface area contributed by atoms with Gasteiger partial charge in [-0.25, -0.2) is 0 Å². The van der Waals surface area contributed by atoms with Crippen LogP contribution in [-0.2, 0) is 28.5 Å². The average Bonchev–Trinajstić information content (AvgIpc) is 2.87. The number of carbonyl (C=O) groups is 2. The van der Waals surface area contributed by atoms with Gasteiger partial charge in [-0.2, -0.15) is 0 Å². The van der Waals surface area contributed by atoms with Gasteiger partial charge in [0.1, 0.15) is 0 Å². The van der Waals surface area contributed by atoms with Crippen molar-refractivity contribution in [1.29, 1.82) is 0 Å². The second-order valence-corrected chi connectivity index (χ2v) is 9.71. The number of allylic oxidation sites excluding steroid dienone is 2. The molecule has 7 heteroatoms. The first kappa shape index (κ1) is 34.6. The minimum Gasteiger partial charge on any atom is -0.469 e. The Morgan fingerprint density at radius 3 is 1.44 bits per heavy atom. The van der Waals surface area contributed by atoms with Crippen LogP contribution < -0.4 is 0 Å². The van der Waals surface area contributed by atoms with E-state index in [1.54, 1.807) is 0 Å². The zero-order valence-corrected chi connectivity index (χ0v) is 23.8. The van der Waals surface area contributed by atoms with Crippen molar-refractivity contribution in [3.05, 3.63) is 12.2 Å². The summed E-state index contributed by atoms with van der Waals surface area (Å²) >= 11 is 0. The first-order valence-electron chi connectivity index (χ1n) is 14.1. The number of esters is 2. The molecular formula is C29H55NO6. The van der Waals surface area contributed by atoms with Crippen LogP contribution in [0, 0.1) is 0 Å². The Kier molecular flexibility index (Phi) is 25.6. The topological polar surface area (TPSA) is 74.3 Å². The lowest BCUT2D eigenvalue weighted by molar-refractivity contribution is -0.141. The van der Waals surface area contributed by atoms with E-state index in [1.165, 1.54) is 52.7 Å². The second-order valence-electron chi connectivity index (χ2n) is 9.71. The maximum Gasteiger partial charge on any atom is 0.305 e. The summed E-state index contributed by atoms with van der Waals surface area (Å²) < 4.78 is 21.0. The van der Waals surface area contributed by atoms with E-state index in [9.17, 15) is 9.59 Å². The standard InChI is InChI=1S/C29H55NO6/c1-30(2)27(26-36-24-20-16-18-22-29(32)34-4)25-35-23-19-15-13-11-9-7-5-6-8-10-12-14-17-21-28(31)33-3/h6,8,27H,5,7,9-26H2,1-4H3/b8-6-. The molecule has 0 rings (SSSR count). The SMILES string of the molecule is COC(=O)CCCCC/C=C\CCCCCCCCOCC(COCCCCCC(=O)OC)N(C)C. The Bertz CT molecular complexity index is 538. The maximum absolute atomic E-state index is 11.1. The van der Waals surface area contributed by atoms with Crippen LogP contribution in [0.2, 0.25) is 0 Å². The minimum atomic E-state index is -0.137. The van der Waals surface area contributed by atoms with Crippen LogP contribution >= 0.6 is 0 Å². The fraction of sp³-hybridized carbons (Fsp3) is 0.862. The molecule has 0 aromatic heterocycles. The smallest absolute Gasteiger partial charge is 0.305 e. The normalized spacial score (nSPS) is 12.4. The van der Waals surface area contributed by atoms with Gasteiger partial charge in [-0.15, -0.1) is 0 Å². The summed E-state index contributed by atoms with van der Waals surface area (Å²) in [6.45, 7) is 2.92. The van der Waals surface area contributed by atoms with E-state index in [2.05, 4.69) is 40.6 Å². The molecule has 0 saturated heterocycles. The molecule has 0 spiro atoms. The van der Waals surface area contributed by atoms with E-state index < -0.39 is 0 Å². The predicted octanol–water partition coefficient (Wildman–Crippen LogP) is 6.09. The largest absolute Gasteiger partial charge is 0.469 e. The van der Waals surface area contributed by atoms with E-state index in [1.807, 2.05) is 0 Å². The van der Waals surface area contributed by atoms with Gasteiger partial charge in [-0.05, 0) is 65.5 Å². The molecule has 0 radical (unpaired) electrons. The highest BCUT2D eigenvalue weighted by atomic mass is 16.5. The number of methoxy groups -OCH3 is 2. The van der Waals surface area contributed by atoms with Crippen LogP contribution in [-0.4, -0.2) is 77.6 Å². The van der Waals surface area contributed by atoms with Crippen LogP contribution in [0.4, 0.5) is 0 Å². The lowest BCUT2D eigenvalue weighted by Crippen LogP contribution is -2.37. The number of ether oxygens (including phenoxy) is 4. The summed E-state index contributed by atoms with van der Waals surface area (Å²) in [5, 5.41) is 0. The van der Waals surface area contributed by atoms with Crippen molar-refractivity contribution in [2.45, 2.75) is 109 Å². The highest BCUT2D eigenvalue weighted by Gasteiger charge is 2.11. The third kappa shape index (κ3) is 24.3. The van der Waals surface area contributed by atoms with Gasteiger partial charge in [-0.3, -0.25) is 9.59 Å². The Morgan fingerprint density at radius 2 is 1.00 bits per heavy atom. The molecular weight excluding hydrogens is 458 g/mol. The molecule has 7 nitrogen and oxygen atoms in total. The van der Waals surface area contributed by atoms with Crippen LogP contribution in [0.3, 0.4) is 0 Å². The van der Waals surface area contributed by atoms with E-state index in [-0.39, 0.29) is 18.0 Å². The van der Waals surface area contributed by atoms with Crippen LogP contribution in [0.25, 0.3) is 0 Å². The number of likely N-dealkylation sites (N-methyl/N-ethyl adjacent to an activating group) is 1. The first-order valence-corrected chi connectivity index (χ1v) is 14.1. The molecule has 36 heavy (non-hydrogen) atoms. The zero-order valence-electron chi connectivity index (χ0n) is 23.8. The molecule has 0 amide bonds. The molecule has 0 N–H and O–H groups in total. The van der Waals surface area contributed by atoms with Crippen molar-refractivity contribution in [2.75, 3.05) is 54.7 Å². The van der Waals surface area contributed by atoms with Gasteiger partial charge < -0.3 is 23.8 Å². The molecule has 0 aromatic carbocycles. The molecule has 0 aliphatic heterocycles. The van der Waals surface area contributed by atoms with Gasteiger partial charge in [0.25, 0.3) is 0 Å². The number of nitrogens with zero attached hydrogens (tertiary/aromatic N) is 1. The average molecular weight is 514 g/mol. The van der Waals surface area contributed by atoms with E-state index in [0.717, 1.165) is 64.6 Å². The van der Waals surface area contributed by atoms with Gasteiger partial charge >= 0.3 is 11.9 Å². The fourth-order valence-corrected chi connectivity index (χ4v) is 3.76. The van der Waals surface area contributed by atoms with E-state index in [0.29, 0.717) is 26.1 Å². The van der Waals surface area contributed by atoms with Crippen molar-refractivity contribution >= 4 is 11.9 Å². The number of rotatable bonds is 26. The van der Waals surface area contributed by atoms with Crippen molar-refractivity contribution < 1.29 is 28.5 Å². The molecule has 0 bridgehead atoms. The zero-order chi connectivity index (χ0) is 26.7. The quantitative estimate of drug-likeness (QED) is 0.0786. The molecule has 0 aliphatic rings. The molecule has 0 aliphatic carbocycles. The number of hydrogen-bond acceptors (Lipinski definition) is 7. The minimum absolute atomic E-state index is 0.102. The molecule has 212 valence electrons. The van der Waals surface area contributed by atoms with Crippen molar-refractivity contribution in [3.63, 3.8) is 0 Å². The van der Waals surface area contributed by atoms with Gasteiger partial charge in [0.05, 0.1) is 33.5 Å². The summed E-state index contributed by atoms with van der Waals surface area (Å²) in [7, 11) is 7.01. The maximum atomic E-state index is 11.1. The second kappa shape index (κ2) is 26.6. The number of carbonyl (C=O) groups excluding carboxylic acids is 2. The van der Waals surface area contributed by atoms with E-state index >= 15 is 0 Å².